The molecule has 0 amide bonds. The van der Waals surface area contributed by atoms with E-state index in [2.05, 4.69) is 5.32 Å². The molecule has 2 rings (SSSR count). The molecule has 0 unspecified atom stereocenters. The highest BCUT2D eigenvalue weighted by atomic mass is 35.5. The van der Waals surface area contributed by atoms with Crippen molar-refractivity contribution in [1.82, 2.24) is 0 Å². The molecular weight excluding hydrogens is 256 g/mol. The summed E-state index contributed by atoms with van der Waals surface area (Å²) >= 11 is 6.00. The van der Waals surface area contributed by atoms with Crippen molar-refractivity contribution in [1.29, 1.82) is 0 Å². The first-order valence-electron chi connectivity index (χ1n) is 5.51. The van der Waals surface area contributed by atoms with Gasteiger partial charge in [0.1, 0.15) is 0 Å². The van der Waals surface area contributed by atoms with Crippen molar-refractivity contribution in [3.8, 4) is 0 Å². The highest BCUT2D eigenvalue weighted by molar-refractivity contribution is 6.33. The number of hydrogen-bond donors (Lipinski definition) is 1. The molecule has 0 aliphatic heterocycles. The van der Waals surface area contributed by atoms with Gasteiger partial charge in [0.05, 0.1) is 10.7 Å². The van der Waals surface area contributed by atoms with E-state index in [-0.39, 0.29) is 12.1 Å². The van der Waals surface area contributed by atoms with E-state index in [0.29, 0.717) is 10.7 Å². The molecule has 0 fully saturated rings. The molecule has 1 nitrogen and oxygen atoms in total. The van der Waals surface area contributed by atoms with Crippen LogP contribution in [-0.2, 0) is 6.54 Å². The molecule has 4 heteroatoms. The molecular formula is C14H12ClF2N. The van der Waals surface area contributed by atoms with Crippen molar-refractivity contribution in [2.45, 2.75) is 13.5 Å². The van der Waals surface area contributed by atoms with Crippen LogP contribution < -0.4 is 5.32 Å². The third kappa shape index (κ3) is 2.79. The monoisotopic (exact) mass is 267 g/mol. The molecule has 0 saturated carbocycles. The molecule has 0 atom stereocenters. The Bertz CT molecular complexity index is 568. The summed E-state index contributed by atoms with van der Waals surface area (Å²) in [5.74, 6) is -1.67. The molecule has 0 heterocycles. The number of nitrogens with one attached hydrogen (secondary N) is 1. The molecule has 0 aromatic heterocycles. The van der Waals surface area contributed by atoms with Gasteiger partial charge in [0.25, 0.3) is 0 Å². The third-order valence-corrected chi connectivity index (χ3v) is 2.95. The van der Waals surface area contributed by atoms with Crippen LogP contribution >= 0.6 is 11.6 Å². The van der Waals surface area contributed by atoms with Gasteiger partial charge in [-0.25, -0.2) is 8.78 Å². The van der Waals surface area contributed by atoms with E-state index in [1.807, 2.05) is 19.1 Å². The summed E-state index contributed by atoms with van der Waals surface area (Å²) in [4.78, 5) is 0. The number of aryl methyl sites for hydroxylation is 1. The Hall–Kier alpha value is -1.61. The molecule has 94 valence electrons. The highest BCUT2D eigenvalue weighted by Crippen LogP contribution is 2.23. The summed E-state index contributed by atoms with van der Waals surface area (Å²) in [7, 11) is 0. The molecule has 0 saturated heterocycles. The topological polar surface area (TPSA) is 12.0 Å². The Balaban J connectivity index is 2.16. The zero-order valence-corrected chi connectivity index (χ0v) is 10.6. The van der Waals surface area contributed by atoms with Gasteiger partial charge >= 0.3 is 0 Å². The van der Waals surface area contributed by atoms with E-state index in [1.54, 1.807) is 6.07 Å². The fourth-order valence-corrected chi connectivity index (χ4v) is 1.83. The lowest BCUT2D eigenvalue weighted by atomic mass is 10.2. The van der Waals surface area contributed by atoms with Crippen LogP contribution in [0, 0.1) is 18.6 Å². The first-order valence-corrected chi connectivity index (χ1v) is 5.88. The van der Waals surface area contributed by atoms with Crippen LogP contribution in [-0.4, -0.2) is 0 Å². The van der Waals surface area contributed by atoms with Gasteiger partial charge in [0, 0.05) is 12.1 Å². The maximum atomic E-state index is 13.4. The van der Waals surface area contributed by atoms with Gasteiger partial charge in [0.15, 0.2) is 11.6 Å². The predicted molar refractivity (Wildman–Crippen MR) is 69.9 cm³/mol. The second-order valence-corrected chi connectivity index (χ2v) is 4.46. The second-order valence-electron chi connectivity index (χ2n) is 4.05. The van der Waals surface area contributed by atoms with Gasteiger partial charge in [0.2, 0.25) is 0 Å². The maximum absolute atomic E-state index is 13.4. The van der Waals surface area contributed by atoms with E-state index in [4.69, 9.17) is 11.6 Å². The highest BCUT2D eigenvalue weighted by Gasteiger charge is 2.08. The molecule has 0 spiro atoms. The first kappa shape index (κ1) is 12.8. The first-order chi connectivity index (χ1) is 8.58. The minimum atomic E-state index is -0.843. The zero-order valence-electron chi connectivity index (χ0n) is 9.81. The van der Waals surface area contributed by atoms with Gasteiger partial charge in [-0.05, 0) is 30.7 Å². The summed E-state index contributed by atoms with van der Waals surface area (Å²) in [6.45, 7) is 2.12. The second kappa shape index (κ2) is 5.36. The van der Waals surface area contributed by atoms with Crippen LogP contribution in [0.4, 0.5) is 14.5 Å². The Morgan fingerprint density at radius 2 is 1.94 bits per heavy atom. The lowest BCUT2D eigenvalue weighted by Crippen LogP contribution is -2.03. The van der Waals surface area contributed by atoms with Crippen LogP contribution in [0.1, 0.15) is 11.1 Å². The quantitative estimate of drug-likeness (QED) is 0.861. The average Bonchev–Trinajstić information content (AvgIpc) is 2.35. The lowest BCUT2D eigenvalue weighted by Gasteiger charge is -2.10. The van der Waals surface area contributed by atoms with E-state index in [1.165, 1.54) is 12.1 Å². The molecule has 2 aromatic carbocycles. The van der Waals surface area contributed by atoms with Gasteiger partial charge in [-0.15, -0.1) is 0 Å². The smallest absolute Gasteiger partial charge is 0.163 e. The van der Waals surface area contributed by atoms with Crippen LogP contribution in [0.5, 0.6) is 0 Å². The van der Waals surface area contributed by atoms with E-state index < -0.39 is 11.6 Å². The molecule has 0 radical (unpaired) electrons. The Morgan fingerprint density at radius 1 is 1.17 bits per heavy atom. The zero-order chi connectivity index (χ0) is 13.1. The number of halogens is 3. The number of benzene rings is 2. The number of anilines is 1. The SMILES string of the molecule is Cc1ccc(Cl)c(NCc2cccc(F)c2F)c1. The van der Waals surface area contributed by atoms with Crippen molar-refractivity contribution in [2.75, 3.05) is 5.32 Å². The van der Waals surface area contributed by atoms with Crippen molar-refractivity contribution in [2.24, 2.45) is 0 Å². The van der Waals surface area contributed by atoms with Crippen molar-refractivity contribution < 1.29 is 8.78 Å². The van der Waals surface area contributed by atoms with Crippen molar-refractivity contribution in [3.63, 3.8) is 0 Å². The molecule has 0 aliphatic carbocycles. The van der Waals surface area contributed by atoms with E-state index in [0.717, 1.165) is 11.6 Å². The predicted octanol–water partition coefficient (Wildman–Crippen LogP) is 4.54. The van der Waals surface area contributed by atoms with Gasteiger partial charge in [-0.1, -0.05) is 29.8 Å². The van der Waals surface area contributed by atoms with E-state index >= 15 is 0 Å². The summed E-state index contributed by atoms with van der Waals surface area (Å²) in [5.41, 5.74) is 2.02. The molecule has 0 aliphatic rings. The van der Waals surface area contributed by atoms with Crippen LogP contribution in [0.3, 0.4) is 0 Å². The Labute approximate surface area is 109 Å². The standard InChI is InChI=1S/C14H12ClF2N/c1-9-5-6-11(15)13(7-9)18-8-10-3-2-4-12(16)14(10)17/h2-7,18H,8H2,1H3. The summed E-state index contributed by atoms with van der Waals surface area (Å²) in [6.07, 6.45) is 0. The van der Waals surface area contributed by atoms with Crippen LogP contribution in [0.25, 0.3) is 0 Å². The minimum Gasteiger partial charge on any atom is -0.380 e. The molecule has 0 bridgehead atoms. The summed E-state index contributed by atoms with van der Waals surface area (Å²) in [6, 6.07) is 9.62. The molecule has 2 aromatic rings. The Kier molecular flexibility index (Phi) is 3.82. The minimum absolute atomic E-state index is 0.187. The van der Waals surface area contributed by atoms with Crippen LogP contribution in [0.2, 0.25) is 5.02 Å². The Morgan fingerprint density at radius 3 is 2.72 bits per heavy atom. The number of rotatable bonds is 3. The fourth-order valence-electron chi connectivity index (χ4n) is 1.65. The number of hydrogen-bond acceptors (Lipinski definition) is 1. The fraction of sp³-hybridized carbons (Fsp3) is 0.143. The third-order valence-electron chi connectivity index (χ3n) is 2.62. The molecule has 18 heavy (non-hydrogen) atoms. The van der Waals surface area contributed by atoms with Crippen molar-refractivity contribution in [3.05, 3.63) is 64.2 Å². The van der Waals surface area contributed by atoms with Crippen molar-refractivity contribution >= 4 is 17.3 Å². The largest absolute Gasteiger partial charge is 0.380 e. The van der Waals surface area contributed by atoms with Gasteiger partial charge in [-0.3, -0.25) is 0 Å². The van der Waals surface area contributed by atoms with Crippen LogP contribution in [0.15, 0.2) is 36.4 Å². The molecule has 1 N–H and O–H groups in total. The normalized spacial score (nSPS) is 10.4. The average molecular weight is 268 g/mol. The van der Waals surface area contributed by atoms with Gasteiger partial charge in [-0.2, -0.15) is 0 Å². The van der Waals surface area contributed by atoms with E-state index in [9.17, 15) is 8.78 Å². The maximum Gasteiger partial charge on any atom is 0.163 e. The lowest BCUT2D eigenvalue weighted by molar-refractivity contribution is 0.500. The summed E-state index contributed by atoms with van der Waals surface area (Å²) in [5, 5.41) is 3.55. The summed E-state index contributed by atoms with van der Waals surface area (Å²) < 4.78 is 26.5. The van der Waals surface area contributed by atoms with Gasteiger partial charge < -0.3 is 5.32 Å².